The Balaban J connectivity index is 2.37. The van der Waals surface area contributed by atoms with E-state index in [1.54, 1.807) is 0 Å². The van der Waals surface area contributed by atoms with Gasteiger partial charge in [0.15, 0.2) is 0 Å². The van der Waals surface area contributed by atoms with E-state index in [9.17, 15) is 9.59 Å². The second kappa shape index (κ2) is 11.3. The van der Waals surface area contributed by atoms with E-state index in [-0.39, 0.29) is 24.3 Å². The minimum absolute atomic E-state index is 0.0491. The number of carbonyl (C=O) groups excluding carboxylic acids is 1. The molecule has 0 saturated carbocycles. The zero-order valence-corrected chi connectivity index (χ0v) is 15.0. The molecule has 0 heterocycles. The van der Waals surface area contributed by atoms with E-state index in [0.717, 1.165) is 17.5 Å². The quantitative estimate of drug-likeness (QED) is 0.504. The lowest BCUT2D eigenvalue weighted by Gasteiger charge is -2.20. The third kappa shape index (κ3) is 9.53. The highest BCUT2D eigenvalue weighted by molar-refractivity contribution is 5.73. The van der Waals surface area contributed by atoms with Crippen molar-refractivity contribution in [2.24, 2.45) is 11.7 Å². The van der Waals surface area contributed by atoms with Crippen LogP contribution in [-0.2, 0) is 20.9 Å². The van der Waals surface area contributed by atoms with Crippen LogP contribution in [0.2, 0.25) is 0 Å². The lowest BCUT2D eigenvalue weighted by molar-refractivity contribution is -0.137. The minimum atomic E-state index is -0.788. The smallest absolute Gasteiger partial charge is 0.303 e. The third-order valence-electron chi connectivity index (χ3n) is 4.04. The van der Waals surface area contributed by atoms with Gasteiger partial charge in [0, 0.05) is 24.8 Å². The molecule has 1 amide bonds. The maximum absolute atomic E-state index is 10.8. The topological polar surface area (TPSA) is 89.6 Å². The number of benzene rings is 1. The number of amides is 1. The number of hydrogen-bond donors (Lipinski definition) is 2. The van der Waals surface area contributed by atoms with Gasteiger partial charge in [-0.05, 0) is 43.4 Å². The van der Waals surface area contributed by atoms with E-state index in [2.05, 4.69) is 18.8 Å². The molecule has 0 bridgehead atoms. The standard InChI is InChI=1S/C20H27NO4/c1-15(8-13-19(21)22)16(2)25-14-18-11-9-17(10-12-18)6-4-3-5-7-20(23)24/h9-12,15-16H,3,5,7-8,13-14H2,1-2H3,(H2,21,22)(H,23,24)/t15-,16+/m0/s1. The van der Waals surface area contributed by atoms with Crippen LogP contribution in [0, 0.1) is 17.8 Å². The Kier molecular flexibility index (Phi) is 9.34. The molecule has 0 aliphatic heterocycles. The first-order chi connectivity index (χ1) is 11.9. The van der Waals surface area contributed by atoms with Crippen LogP contribution in [0.3, 0.4) is 0 Å². The van der Waals surface area contributed by atoms with Crippen LogP contribution in [0.1, 0.15) is 57.1 Å². The number of aliphatic carboxylic acids is 1. The number of unbranched alkanes of at least 4 members (excludes halogenated alkanes) is 1. The normalized spacial score (nSPS) is 12.7. The molecule has 0 fully saturated rings. The van der Waals surface area contributed by atoms with Crippen molar-refractivity contribution >= 4 is 11.9 Å². The summed E-state index contributed by atoms with van der Waals surface area (Å²) in [6, 6.07) is 7.82. The van der Waals surface area contributed by atoms with Crippen molar-refractivity contribution in [2.75, 3.05) is 0 Å². The number of nitrogens with two attached hydrogens (primary N) is 1. The van der Waals surface area contributed by atoms with Gasteiger partial charge in [-0.2, -0.15) is 0 Å². The fraction of sp³-hybridized carbons (Fsp3) is 0.500. The number of ether oxygens (including phenoxy) is 1. The number of carbonyl (C=O) groups is 2. The summed E-state index contributed by atoms with van der Waals surface area (Å²) in [4.78, 5) is 21.2. The summed E-state index contributed by atoms with van der Waals surface area (Å²) in [5.41, 5.74) is 7.13. The number of rotatable bonds is 10. The van der Waals surface area contributed by atoms with Gasteiger partial charge in [-0.25, -0.2) is 0 Å². The molecule has 5 heteroatoms. The van der Waals surface area contributed by atoms with Crippen LogP contribution in [0.5, 0.6) is 0 Å². The van der Waals surface area contributed by atoms with Gasteiger partial charge >= 0.3 is 5.97 Å². The largest absolute Gasteiger partial charge is 0.481 e. The average Bonchev–Trinajstić information content (AvgIpc) is 2.58. The van der Waals surface area contributed by atoms with Gasteiger partial charge in [-0.15, -0.1) is 0 Å². The molecule has 136 valence electrons. The molecule has 3 N–H and O–H groups in total. The van der Waals surface area contributed by atoms with E-state index >= 15 is 0 Å². The van der Waals surface area contributed by atoms with Gasteiger partial charge in [0.1, 0.15) is 0 Å². The monoisotopic (exact) mass is 345 g/mol. The van der Waals surface area contributed by atoms with Crippen LogP contribution < -0.4 is 5.73 Å². The number of carboxylic acid groups (broad SMARTS) is 1. The van der Waals surface area contributed by atoms with E-state index < -0.39 is 5.97 Å². The summed E-state index contributed by atoms with van der Waals surface area (Å²) in [5, 5.41) is 8.56. The van der Waals surface area contributed by atoms with E-state index in [1.807, 2.05) is 31.2 Å². The van der Waals surface area contributed by atoms with Gasteiger partial charge < -0.3 is 15.6 Å². The van der Waals surface area contributed by atoms with Crippen molar-refractivity contribution in [2.45, 2.75) is 58.7 Å². The summed E-state index contributed by atoms with van der Waals surface area (Å²) >= 11 is 0. The van der Waals surface area contributed by atoms with Crippen molar-refractivity contribution in [3.63, 3.8) is 0 Å². The molecule has 1 rings (SSSR count). The second-order valence-corrected chi connectivity index (χ2v) is 6.24. The molecule has 5 nitrogen and oxygen atoms in total. The maximum Gasteiger partial charge on any atom is 0.303 e. The van der Waals surface area contributed by atoms with Crippen molar-refractivity contribution < 1.29 is 19.4 Å². The Hall–Kier alpha value is -2.32. The zero-order chi connectivity index (χ0) is 18.7. The highest BCUT2D eigenvalue weighted by Gasteiger charge is 2.13. The molecule has 25 heavy (non-hydrogen) atoms. The Morgan fingerprint density at radius 1 is 1.20 bits per heavy atom. The molecular formula is C20H27NO4. The predicted octanol–water partition coefficient (Wildman–Crippen LogP) is 3.10. The van der Waals surface area contributed by atoms with Crippen molar-refractivity contribution in [1.82, 2.24) is 0 Å². The first-order valence-corrected chi connectivity index (χ1v) is 8.58. The number of carboxylic acids is 1. The van der Waals surface area contributed by atoms with Gasteiger partial charge in [-0.1, -0.05) is 30.9 Å². The Bertz CT molecular complexity index is 613. The van der Waals surface area contributed by atoms with Crippen LogP contribution in [0.4, 0.5) is 0 Å². The first-order valence-electron chi connectivity index (χ1n) is 8.58. The van der Waals surface area contributed by atoms with Gasteiger partial charge in [-0.3, -0.25) is 9.59 Å². The molecule has 2 atom stereocenters. The van der Waals surface area contributed by atoms with E-state index in [4.69, 9.17) is 15.6 Å². The second-order valence-electron chi connectivity index (χ2n) is 6.24. The summed E-state index contributed by atoms with van der Waals surface area (Å²) in [7, 11) is 0. The van der Waals surface area contributed by atoms with E-state index in [0.29, 0.717) is 25.9 Å². The molecule has 0 saturated heterocycles. The third-order valence-corrected chi connectivity index (χ3v) is 4.04. The van der Waals surface area contributed by atoms with Gasteiger partial charge in [0.05, 0.1) is 12.7 Å². The molecule has 0 unspecified atom stereocenters. The van der Waals surface area contributed by atoms with Gasteiger partial charge in [0.2, 0.25) is 5.91 Å². The Labute approximate surface area is 149 Å². The molecular weight excluding hydrogens is 318 g/mol. The SMILES string of the molecule is C[C@@H](CCC(N)=O)[C@@H](C)OCc1ccc(C#CCCCC(=O)O)cc1. The number of primary amides is 1. The predicted molar refractivity (Wildman–Crippen MR) is 96.7 cm³/mol. The highest BCUT2D eigenvalue weighted by atomic mass is 16.5. The van der Waals surface area contributed by atoms with Crippen molar-refractivity contribution in [1.29, 1.82) is 0 Å². The summed E-state index contributed by atoms with van der Waals surface area (Å²) in [6.45, 7) is 4.56. The highest BCUT2D eigenvalue weighted by Crippen LogP contribution is 2.15. The lowest BCUT2D eigenvalue weighted by atomic mass is 10.00. The molecule has 0 aromatic heterocycles. The van der Waals surface area contributed by atoms with Crippen LogP contribution in [-0.4, -0.2) is 23.1 Å². The zero-order valence-electron chi connectivity index (χ0n) is 15.0. The van der Waals surface area contributed by atoms with Crippen LogP contribution in [0.25, 0.3) is 0 Å². The Morgan fingerprint density at radius 3 is 2.48 bits per heavy atom. The lowest BCUT2D eigenvalue weighted by Crippen LogP contribution is -2.20. The Morgan fingerprint density at radius 2 is 1.88 bits per heavy atom. The molecule has 0 aliphatic rings. The average molecular weight is 345 g/mol. The summed E-state index contributed by atoms with van der Waals surface area (Å²) in [5.74, 6) is 5.21. The van der Waals surface area contributed by atoms with Crippen LogP contribution in [0.15, 0.2) is 24.3 Å². The maximum atomic E-state index is 10.8. The minimum Gasteiger partial charge on any atom is -0.481 e. The summed E-state index contributed by atoms with van der Waals surface area (Å²) < 4.78 is 5.85. The first kappa shape index (κ1) is 20.7. The molecule has 0 aliphatic carbocycles. The molecule has 0 radical (unpaired) electrons. The van der Waals surface area contributed by atoms with Gasteiger partial charge in [0.25, 0.3) is 0 Å². The van der Waals surface area contributed by atoms with Crippen molar-refractivity contribution in [3.8, 4) is 11.8 Å². The molecule has 1 aromatic rings. The fourth-order valence-electron chi connectivity index (χ4n) is 2.17. The summed E-state index contributed by atoms with van der Waals surface area (Å²) in [6.07, 6.45) is 2.47. The fourth-order valence-corrected chi connectivity index (χ4v) is 2.17. The van der Waals surface area contributed by atoms with Crippen LogP contribution >= 0.6 is 0 Å². The van der Waals surface area contributed by atoms with Crippen molar-refractivity contribution in [3.05, 3.63) is 35.4 Å². The molecule has 0 spiro atoms. The van der Waals surface area contributed by atoms with E-state index in [1.165, 1.54) is 0 Å². The molecule has 1 aromatic carbocycles. The number of hydrogen-bond acceptors (Lipinski definition) is 3.